The Labute approximate surface area is 69.8 Å². The molecule has 0 radical (unpaired) electrons. The lowest BCUT2D eigenvalue weighted by Crippen LogP contribution is -2.06. The van der Waals surface area contributed by atoms with Gasteiger partial charge >= 0.3 is 5.97 Å². The Hall–Kier alpha value is -1.16. The van der Waals surface area contributed by atoms with Gasteiger partial charge in [0, 0.05) is 12.0 Å². The highest BCUT2D eigenvalue weighted by atomic mass is 16.5. The van der Waals surface area contributed by atoms with Gasteiger partial charge in [-0.25, -0.2) is 0 Å². The van der Waals surface area contributed by atoms with Gasteiger partial charge in [-0.1, -0.05) is 0 Å². The van der Waals surface area contributed by atoms with Crippen LogP contribution in [0.15, 0.2) is 11.6 Å². The zero-order chi connectivity index (χ0) is 9.14. The zero-order valence-electron chi connectivity index (χ0n) is 6.74. The van der Waals surface area contributed by atoms with Crippen molar-refractivity contribution in [1.29, 1.82) is 0 Å². The molecule has 0 saturated heterocycles. The highest BCUT2D eigenvalue weighted by Gasteiger charge is 2.23. The smallest absolute Gasteiger partial charge is 0.310 e. The molecule has 1 N–H and O–H groups in total. The Kier molecular flexibility index (Phi) is 2.60. The second kappa shape index (κ2) is 3.49. The van der Waals surface area contributed by atoms with Gasteiger partial charge in [-0.05, 0) is 6.08 Å². The summed E-state index contributed by atoms with van der Waals surface area (Å²) >= 11 is 0. The van der Waals surface area contributed by atoms with E-state index in [9.17, 15) is 9.59 Å². The number of hydrogen-bond donors (Lipinski definition) is 1. The van der Waals surface area contributed by atoms with Crippen molar-refractivity contribution in [2.45, 2.75) is 18.9 Å². The van der Waals surface area contributed by atoms with Crippen LogP contribution in [0.3, 0.4) is 0 Å². The van der Waals surface area contributed by atoms with Crippen molar-refractivity contribution in [1.82, 2.24) is 0 Å². The Morgan fingerprint density at radius 3 is 2.92 bits per heavy atom. The van der Waals surface area contributed by atoms with Crippen molar-refractivity contribution < 1.29 is 19.4 Å². The van der Waals surface area contributed by atoms with E-state index in [0.717, 1.165) is 0 Å². The van der Waals surface area contributed by atoms with Gasteiger partial charge in [0.05, 0.1) is 19.6 Å². The Bertz CT molecular complexity index is 241. The molecule has 0 heterocycles. The van der Waals surface area contributed by atoms with Crippen LogP contribution in [0.1, 0.15) is 12.8 Å². The fourth-order valence-electron chi connectivity index (χ4n) is 1.09. The second-order valence-corrected chi connectivity index (χ2v) is 2.64. The lowest BCUT2D eigenvalue weighted by atomic mass is 10.1. The average Bonchev–Trinajstić information content (AvgIpc) is 2.30. The van der Waals surface area contributed by atoms with Gasteiger partial charge in [-0.2, -0.15) is 0 Å². The molecule has 0 aromatic carbocycles. The standard InChI is InChI=1S/C8H10O4/c1-12-8(11)3-5-2-6(9)4-7(5)10/h2,6,9H,3-4H2,1H3. The fraction of sp³-hybridized carbons (Fsp3) is 0.500. The molecule has 12 heavy (non-hydrogen) atoms. The molecule has 0 bridgehead atoms. The summed E-state index contributed by atoms with van der Waals surface area (Å²) in [5.41, 5.74) is 0.356. The van der Waals surface area contributed by atoms with Gasteiger partial charge in [0.15, 0.2) is 5.78 Å². The van der Waals surface area contributed by atoms with Crippen molar-refractivity contribution in [2.75, 3.05) is 7.11 Å². The summed E-state index contributed by atoms with van der Waals surface area (Å²) in [5, 5.41) is 9.01. The van der Waals surface area contributed by atoms with Crippen LogP contribution in [0.2, 0.25) is 0 Å². The normalized spacial score (nSPS) is 22.3. The van der Waals surface area contributed by atoms with E-state index in [1.54, 1.807) is 0 Å². The topological polar surface area (TPSA) is 63.6 Å². The molecule has 66 valence electrons. The van der Waals surface area contributed by atoms with Gasteiger partial charge in [0.2, 0.25) is 0 Å². The SMILES string of the molecule is COC(=O)CC1=CC(O)CC1=O. The minimum absolute atomic E-state index is 0.0353. The molecule has 0 aliphatic heterocycles. The van der Waals surface area contributed by atoms with E-state index in [0.29, 0.717) is 5.57 Å². The molecule has 4 heteroatoms. The lowest BCUT2D eigenvalue weighted by molar-refractivity contribution is -0.140. The van der Waals surface area contributed by atoms with Crippen LogP contribution >= 0.6 is 0 Å². The second-order valence-electron chi connectivity index (χ2n) is 2.64. The molecule has 0 spiro atoms. The highest BCUT2D eigenvalue weighted by Crippen LogP contribution is 2.17. The van der Waals surface area contributed by atoms with Gasteiger partial charge in [-0.3, -0.25) is 9.59 Å². The minimum atomic E-state index is -0.725. The van der Waals surface area contributed by atoms with Gasteiger partial charge in [-0.15, -0.1) is 0 Å². The molecule has 4 nitrogen and oxygen atoms in total. The number of ether oxygens (including phenoxy) is 1. The quantitative estimate of drug-likeness (QED) is 0.583. The molecule has 1 aliphatic carbocycles. The van der Waals surface area contributed by atoms with Crippen molar-refractivity contribution >= 4 is 11.8 Å². The summed E-state index contributed by atoms with van der Waals surface area (Å²) in [6.07, 6.45) is 0.731. The molecule has 1 rings (SSSR count). The first-order valence-electron chi connectivity index (χ1n) is 3.62. The summed E-state index contributed by atoms with van der Waals surface area (Å²) in [6.45, 7) is 0. The first-order chi connectivity index (χ1) is 5.63. The number of carbonyl (C=O) groups is 2. The lowest BCUT2D eigenvalue weighted by Gasteiger charge is -1.97. The number of aliphatic hydroxyl groups excluding tert-OH is 1. The van der Waals surface area contributed by atoms with Crippen molar-refractivity contribution in [3.05, 3.63) is 11.6 Å². The summed E-state index contributed by atoms with van der Waals surface area (Å²) in [4.78, 5) is 21.7. The number of Topliss-reactive ketones (excluding diaryl/α,β-unsaturated/α-hetero) is 1. The van der Waals surface area contributed by atoms with Crippen molar-refractivity contribution in [2.24, 2.45) is 0 Å². The van der Waals surface area contributed by atoms with E-state index in [-0.39, 0.29) is 18.6 Å². The third-order valence-electron chi connectivity index (χ3n) is 1.71. The minimum Gasteiger partial charge on any atom is -0.469 e. The van der Waals surface area contributed by atoms with Crippen LogP contribution in [0.4, 0.5) is 0 Å². The molecule has 1 unspecified atom stereocenters. The van der Waals surface area contributed by atoms with E-state index < -0.39 is 12.1 Å². The molecule has 0 fully saturated rings. The maximum Gasteiger partial charge on any atom is 0.310 e. The number of aliphatic hydroxyl groups is 1. The Morgan fingerprint density at radius 1 is 1.83 bits per heavy atom. The molecule has 1 atom stereocenters. The van der Waals surface area contributed by atoms with Crippen LogP contribution in [-0.4, -0.2) is 30.1 Å². The summed E-state index contributed by atoms with van der Waals surface area (Å²) in [7, 11) is 1.26. The summed E-state index contributed by atoms with van der Waals surface area (Å²) in [6, 6.07) is 0. The molecule has 1 aliphatic rings. The van der Waals surface area contributed by atoms with Crippen LogP contribution in [-0.2, 0) is 14.3 Å². The van der Waals surface area contributed by atoms with Crippen LogP contribution in [0.25, 0.3) is 0 Å². The van der Waals surface area contributed by atoms with E-state index in [1.807, 2.05) is 0 Å². The Morgan fingerprint density at radius 2 is 2.50 bits per heavy atom. The number of hydrogen-bond acceptors (Lipinski definition) is 4. The molecular formula is C8H10O4. The van der Waals surface area contributed by atoms with E-state index in [4.69, 9.17) is 5.11 Å². The van der Waals surface area contributed by atoms with Crippen LogP contribution in [0.5, 0.6) is 0 Å². The molecule has 0 aromatic rings. The van der Waals surface area contributed by atoms with Crippen molar-refractivity contribution in [3.8, 4) is 0 Å². The predicted molar refractivity (Wildman–Crippen MR) is 40.3 cm³/mol. The van der Waals surface area contributed by atoms with Gasteiger partial charge < -0.3 is 9.84 Å². The average molecular weight is 170 g/mol. The predicted octanol–water partition coefficient (Wildman–Crippen LogP) is -0.190. The number of carbonyl (C=O) groups excluding carboxylic acids is 2. The van der Waals surface area contributed by atoms with Crippen LogP contribution < -0.4 is 0 Å². The third-order valence-corrected chi connectivity index (χ3v) is 1.71. The molecule has 0 aromatic heterocycles. The molecular weight excluding hydrogens is 160 g/mol. The monoisotopic (exact) mass is 170 g/mol. The van der Waals surface area contributed by atoms with E-state index in [1.165, 1.54) is 13.2 Å². The largest absolute Gasteiger partial charge is 0.469 e. The number of esters is 1. The number of ketones is 1. The maximum absolute atomic E-state index is 11.0. The molecule has 0 saturated carbocycles. The van der Waals surface area contributed by atoms with E-state index in [2.05, 4.69) is 4.74 Å². The summed E-state index contributed by atoms with van der Waals surface area (Å²) in [5.74, 6) is -0.628. The summed E-state index contributed by atoms with van der Waals surface area (Å²) < 4.78 is 4.38. The van der Waals surface area contributed by atoms with Gasteiger partial charge in [0.25, 0.3) is 0 Å². The fourth-order valence-corrected chi connectivity index (χ4v) is 1.09. The highest BCUT2D eigenvalue weighted by molar-refractivity contribution is 6.01. The zero-order valence-corrected chi connectivity index (χ0v) is 6.74. The third kappa shape index (κ3) is 1.92. The van der Waals surface area contributed by atoms with Crippen molar-refractivity contribution in [3.63, 3.8) is 0 Å². The van der Waals surface area contributed by atoms with Gasteiger partial charge in [0.1, 0.15) is 0 Å². The van der Waals surface area contributed by atoms with E-state index >= 15 is 0 Å². The van der Waals surface area contributed by atoms with Crippen LogP contribution in [0, 0.1) is 0 Å². The first-order valence-corrected chi connectivity index (χ1v) is 3.62. The Balaban J connectivity index is 2.58. The molecule has 0 amide bonds. The number of methoxy groups -OCH3 is 1. The maximum atomic E-state index is 11.0. The number of rotatable bonds is 2. The first kappa shape index (κ1) is 8.93.